The van der Waals surface area contributed by atoms with E-state index in [0.29, 0.717) is 6.04 Å². The van der Waals surface area contributed by atoms with E-state index in [0.717, 1.165) is 0 Å². The quantitative estimate of drug-likeness (QED) is 0.382. The third-order valence-corrected chi connectivity index (χ3v) is 0.855. The molecule has 8 heavy (non-hydrogen) atoms. The van der Waals surface area contributed by atoms with Gasteiger partial charge in [-0.3, -0.25) is 4.99 Å². The van der Waals surface area contributed by atoms with Crippen LogP contribution < -0.4 is 0 Å². The van der Waals surface area contributed by atoms with Gasteiger partial charge in [-0.1, -0.05) is 12.2 Å². The van der Waals surface area contributed by atoms with Gasteiger partial charge in [-0.25, -0.2) is 0 Å². The molecule has 0 aliphatic heterocycles. The van der Waals surface area contributed by atoms with Crippen molar-refractivity contribution in [1.29, 1.82) is 0 Å². The molecule has 0 aromatic heterocycles. The van der Waals surface area contributed by atoms with Crippen molar-refractivity contribution in [1.82, 2.24) is 0 Å². The van der Waals surface area contributed by atoms with Crippen LogP contribution in [0.1, 0.15) is 20.8 Å². The predicted octanol–water partition coefficient (Wildman–Crippen LogP) is 2.04. The van der Waals surface area contributed by atoms with Crippen molar-refractivity contribution in [2.24, 2.45) is 4.99 Å². The van der Waals surface area contributed by atoms with E-state index < -0.39 is 0 Å². The second-order valence-corrected chi connectivity index (χ2v) is 1.67. The molecule has 1 nitrogen and oxygen atoms in total. The van der Waals surface area contributed by atoms with Gasteiger partial charge in [0.25, 0.3) is 0 Å². The first kappa shape index (κ1) is 7.41. The fraction of sp³-hybridized carbons (Fsp3) is 0.571. The van der Waals surface area contributed by atoms with Gasteiger partial charge in [0, 0.05) is 0 Å². The van der Waals surface area contributed by atoms with Crippen LogP contribution in [0.4, 0.5) is 0 Å². The van der Waals surface area contributed by atoms with Crippen molar-refractivity contribution in [3.05, 3.63) is 12.2 Å². The summed E-state index contributed by atoms with van der Waals surface area (Å²) in [5.41, 5.74) is 0. The molecule has 0 saturated heterocycles. The van der Waals surface area contributed by atoms with E-state index in [9.17, 15) is 0 Å². The molecule has 0 aromatic rings. The number of rotatable bonds is 2. The summed E-state index contributed by atoms with van der Waals surface area (Å²) in [6.45, 7) is 5.99. The second kappa shape index (κ2) is 4.57. The van der Waals surface area contributed by atoms with Crippen LogP contribution in [-0.2, 0) is 0 Å². The zero-order chi connectivity index (χ0) is 6.41. The van der Waals surface area contributed by atoms with Crippen molar-refractivity contribution in [2.75, 3.05) is 0 Å². The molecule has 0 radical (unpaired) electrons. The maximum Gasteiger partial charge on any atom is 0.0647 e. The Morgan fingerprint density at radius 2 is 2.00 bits per heavy atom. The van der Waals surface area contributed by atoms with E-state index in [2.05, 4.69) is 18.0 Å². The Hall–Kier alpha value is -0.590. The summed E-state index contributed by atoms with van der Waals surface area (Å²) in [6, 6.07) is 0.352. The Bertz CT molecular complexity index is 80.6. The highest BCUT2D eigenvalue weighted by Crippen LogP contribution is 1.88. The molecule has 0 fully saturated rings. The average molecular weight is 111 g/mol. The number of hydrogen-bond donors (Lipinski definition) is 0. The minimum atomic E-state index is 0.352. The lowest BCUT2D eigenvalue weighted by atomic mass is 10.3. The zero-order valence-electron chi connectivity index (χ0n) is 5.76. The predicted molar refractivity (Wildman–Crippen MR) is 38.4 cm³/mol. The molecule has 0 amide bonds. The summed E-state index contributed by atoms with van der Waals surface area (Å²) in [4.78, 5) is 4.10. The zero-order valence-corrected chi connectivity index (χ0v) is 5.76. The Morgan fingerprint density at radius 3 is 2.38 bits per heavy atom. The van der Waals surface area contributed by atoms with Gasteiger partial charge >= 0.3 is 0 Å². The first-order chi connectivity index (χ1) is 3.81. The number of aliphatic imine (C=N–C) groups is 1. The summed E-state index contributed by atoms with van der Waals surface area (Å²) in [7, 11) is 0. The normalized spacial score (nSPS) is 15.9. The van der Waals surface area contributed by atoms with Gasteiger partial charge in [0.05, 0.1) is 6.04 Å². The van der Waals surface area contributed by atoms with Gasteiger partial charge < -0.3 is 0 Å². The van der Waals surface area contributed by atoms with Crippen molar-refractivity contribution >= 4 is 6.21 Å². The fourth-order valence-corrected chi connectivity index (χ4v) is 0.563. The second-order valence-electron chi connectivity index (χ2n) is 1.67. The van der Waals surface area contributed by atoms with Crippen LogP contribution in [0.5, 0.6) is 0 Å². The highest BCUT2D eigenvalue weighted by atomic mass is 14.7. The smallest absolute Gasteiger partial charge is 0.0647 e. The maximum atomic E-state index is 4.10. The lowest BCUT2D eigenvalue weighted by Crippen LogP contribution is -1.89. The molecule has 0 rings (SSSR count). The molecule has 1 atom stereocenters. The molecule has 0 aliphatic rings. The van der Waals surface area contributed by atoms with E-state index in [-0.39, 0.29) is 0 Å². The Balaban J connectivity index is 3.47. The summed E-state index contributed by atoms with van der Waals surface area (Å²) in [5, 5.41) is 0. The summed E-state index contributed by atoms with van der Waals surface area (Å²) < 4.78 is 0. The molecular weight excluding hydrogens is 98.1 g/mol. The Morgan fingerprint density at radius 1 is 1.38 bits per heavy atom. The molecule has 0 saturated carbocycles. The number of hydrogen-bond acceptors (Lipinski definition) is 1. The Kier molecular flexibility index (Phi) is 4.23. The van der Waals surface area contributed by atoms with Gasteiger partial charge in [-0.15, -0.1) is 0 Å². The summed E-state index contributed by atoms with van der Waals surface area (Å²) in [5.74, 6) is 0. The maximum absolute atomic E-state index is 4.10. The molecular formula is C7H13N. The molecule has 46 valence electrons. The Labute approximate surface area is 51.1 Å². The van der Waals surface area contributed by atoms with Gasteiger partial charge in [0.15, 0.2) is 0 Å². The van der Waals surface area contributed by atoms with Crippen molar-refractivity contribution < 1.29 is 0 Å². The minimum Gasteiger partial charge on any atom is -0.291 e. The lowest BCUT2D eigenvalue weighted by Gasteiger charge is -1.92. The van der Waals surface area contributed by atoms with E-state index in [1.807, 2.05) is 26.1 Å². The van der Waals surface area contributed by atoms with Crippen LogP contribution in [0.15, 0.2) is 17.1 Å². The standard InChI is InChI=1S/C7H13N/c1-4-6-7(3)8-5-2/h4-7H,1-3H3. The number of allylic oxidation sites excluding steroid dienone is 1. The molecule has 0 bridgehead atoms. The largest absolute Gasteiger partial charge is 0.291 e. The van der Waals surface area contributed by atoms with E-state index in [1.165, 1.54) is 0 Å². The van der Waals surface area contributed by atoms with Crippen LogP contribution in [0, 0.1) is 0 Å². The van der Waals surface area contributed by atoms with Crippen molar-refractivity contribution in [2.45, 2.75) is 26.8 Å². The third-order valence-electron chi connectivity index (χ3n) is 0.855. The molecule has 1 heteroatoms. The monoisotopic (exact) mass is 111 g/mol. The summed E-state index contributed by atoms with van der Waals surface area (Å²) in [6.07, 6.45) is 5.89. The average Bonchev–Trinajstić information content (AvgIpc) is 1.68. The SMILES string of the molecule is CC=CC(C)N=CC. The topological polar surface area (TPSA) is 12.4 Å². The summed E-state index contributed by atoms with van der Waals surface area (Å²) >= 11 is 0. The molecule has 0 aromatic carbocycles. The van der Waals surface area contributed by atoms with E-state index in [4.69, 9.17) is 0 Å². The first-order valence-electron chi connectivity index (χ1n) is 2.92. The third kappa shape index (κ3) is 3.59. The molecule has 0 spiro atoms. The fourth-order valence-electron chi connectivity index (χ4n) is 0.563. The van der Waals surface area contributed by atoms with Crippen LogP contribution in [0.2, 0.25) is 0 Å². The van der Waals surface area contributed by atoms with Gasteiger partial charge in [0.2, 0.25) is 0 Å². The molecule has 0 N–H and O–H groups in total. The van der Waals surface area contributed by atoms with Gasteiger partial charge in [-0.2, -0.15) is 0 Å². The molecule has 1 unspecified atom stereocenters. The van der Waals surface area contributed by atoms with Crippen LogP contribution in [-0.4, -0.2) is 12.3 Å². The van der Waals surface area contributed by atoms with Gasteiger partial charge in [-0.05, 0) is 27.0 Å². The van der Waals surface area contributed by atoms with Crippen molar-refractivity contribution in [3.8, 4) is 0 Å². The number of nitrogens with zero attached hydrogens (tertiary/aromatic N) is 1. The van der Waals surface area contributed by atoms with Crippen LogP contribution >= 0.6 is 0 Å². The van der Waals surface area contributed by atoms with Crippen LogP contribution in [0.25, 0.3) is 0 Å². The lowest BCUT2D eigenvalue weighted by molar-refractivity contribution is 0.929. The first-order valence-corrected chi connectivity index (χ1v) is 2.92. The highest BCUT2D eigenvalue weighted by Gasteiger charge is 1.83. The van der Waals surface area contributed by atoms with E-state index in [1.54, 1.807) is 0 Å². The molecule has 0 aliphatic carbocycles. The van der Waals surface area contributed by atoms with Crippen molar-refractivity contribution in [3.63, 3.8) is 0 Å². The highest BCUT2D eigenvalue weighted by molar-refractivity contribution is 5.53. The van der Waals surface area contributed by atoms with Gasteiger partial charge in [0.1, 0.15) is 0 Å². The van der Waals surface area contributed by atoms with E-state index >= 15 is 0 Å². The van der Waals surface area contributed by atoms with Crippen LogP contribution in [0.3, 0.4) is 0 Å². The molecule has 0 heterocycles. The minimum absolute atomic E-state index is 0.352.